The predicted octanol–water partition coefficient (Wildman–Crippen LogP) is 0.594. The van der Waals surface area contributed by atoms with E-state index in [-0.39, 0.29) is 0 Å². The highest BCUT2D eigenvalue weighted by Crippen LogP contribution is 2.33. The Morgan fingerprint density at radius 1 is 1.27 bits per heavy atom. The molecule has 2 heteroatoms. The molecule has 1 saturated carbocycles. The zero-order valence-electron chi connectivity index (χ0n) is 7.27. The minimum atomic E-state index is 0.810. The van der Waals surface area contributed by atoms with Gasteiger partial charge in [-0.15, -0.1) is 0 Å². The van der Waals surface area contributed by atoms with Crippen molar-refractivity contribution in [1.82, 2.24) is 10.6 Å². The number of nitrogens with one attached hydrogen (secondary N) is 2. The normalized spacial score (nSPS) is 29.2. The Kier molecular flexibility index (Phi) is 2.14. The molecule has 0 aromatic heterocycles. The molecule has 2 fully saturated rings. The first-order chi connectivity index (χ1) is 5.42. The molecule has 0 aromatic rings. The van der Waals surface area contributed by atoms with E-state index in [1.54, 1.807) is 0 Å². The van der Waals surface area contributed by atoms with Crippen molar-refractivity contribution in [2.45, 2.75) is 25.3 Å². The first-order valence-electron chi connectivity index (χ1n) is 4.80. The largest absolute Gasteiger partial charge is 0.316 e. The van der Waals surface area contributed by atoms with E-state index < -0.39 is 0 Å². The average molecular weight is 154 g/mol. The zero-order chi connectivity index (χ0) is 7.68. The molecule has 0 amide bonds. The van der Waals surface area contributed by atoms with Crippen LogP contribution in [0.5, 0.6) is 0 Å². The lowest BCUT2D eigenvalue weighted by atomic mass is 9.73. The number of hydrogen-bond donors (Lipinski definition) is 2. The van der Waals surface area contributed by atoms with Crippen LogP contribution < -0.4 is 10.6 Å². The van der Waals surface area contributed by atoms with Crippen molar-refractivity contribution >= 4 is 0 Å². The van der Waals surface area contributed by atoms with Gasteiger partial charge in [0.2, 0.25) is 0 Å². The summed E-state index contributed by atoms with van der Waals surface area (Å²) in [6.07, 6.45) is 4.38. The van der Waals surface area contributed by atoms with Crippen molar-refractivity contribution < 1.29 is 0 Å². The smallest absolute Gasteiger partial charge is 0.0145 e. The summed E-state index contributed by atoms with van der Waals surface area (Å²) in [5, 5.41) is 6.80. The van der Waals surface area contributed by atoms with Crippen LogP contribution in [0.3, 0.4) is 0 Å². The minimum absolute atomic E-state index is 0.810. The maximum absolute atomic E-state index is 3.47. The van der Waals surface area contributed by atoms with E-state index in [0.29, 0.717) is 0 Å². The molecule has 2 aliphatic rings. The van der Waals surface area contributed by atoms with Gasteiger partial charge in [0.1, 0.15) is 0 Å². The van der Waals surface area contributed by atoms with Gasteiger partial charge in [0.25, 0.3) is 0 Å². The Morgan fingerprint density at radius 3 is 2.27 bits per heavy atom. The summed E-state index contributed by atoms with van der Waals surface area (Å²) in [5.41, 5.74) is 0. The third-order valence-electron chi connectivity index (χ3n) is 3.31. The van der Waals surface area contributed by atoms with Gasteiger partial charge in [0, 0.05) is 19.1 Å². The first kappa shape index (κ1) is 7.56. The Bertz CT molecular complexity index is 114. The van der Waals surface area contributed by atoms with E-state index in [0.717, 1.165) is 17.9 Å². The predicted molar refractivity (Wildman–Crippen MR) is 46.5 cm³/mol. The van der Waals surface area contributed by atoms with Crippen molar-refractivity contribution in [2.24, 2.45) is 11.8 Å². The molecular weight excluding hydrogens is 136 g/mol. The summed E-state index contributed by atoms with van der Waals surface area (Å²) in [4.78, 5) is 0. The molecule has 0 radical (unpaired) electrons. The van der Waals surface area contributed by atoms with Crippen molar-refractivity contribution in [1.29, 1.82) is 0 Å². The van der Waals surface area contributed by atoms with E-state index >= 15 is 0 Å². The fourth-order valence-corrected chi connectivity index (χ4v) is 2.22. The van der Waals surface area contributed by atoms with Crippen LogP contribution in [-0.4, -0.2) is 26.2 Å². The molecule has 11 heavy (non-hydrogen) atoms. The van der Waals surface area contributed by atoms with Gasteiger partial charge in [0.15, 0.2) is 0 Å². The standard InChI is InChI=1S/C9H18N2/c1-10-9(7-3-2-4-7)8-5-11-6-8/h7-11H,2-6H2,1H3. The van der Waals surface area contributed by atoms with Crippen LogP contribution in [0, 0.1) is 11.8 Å². The van der Waals surface area contributed by atoms with Crippen LogP contribution in [0.4, 0.5) is 0 Å². The molecule has 2 rings (SSSR count). The zero-order valence-corrected chi connectivity index (χ0v) is 7.27. The molecule has 1 heterocycles. The molecule has 0 aromatic carbocycles. The average Bonchev–Trinajstić information content (AvgIpc) is 1.78. The molecule has 0 spiro atoms. The van der Waals surface area contributed by atoms with E-state index in [1.807, 2.05) is 0 Å². The maximum atomic E-state index is 3.47. The molecule has 0 bridgehead atoms. The van der Waals surface area contributed by atoms with Gasteiger partial charge in [-0.3, -0.25) is 0 Å². The van der Waals surface area contributed by atoms with E-state index in [1.165, 1.54) is 32.4 Å². The van der Waals surface area contributed by atoms with Crippen molar-refractivity contribution in [3.05, 3.63) is 0 Å². The first-order valence-corrected chi connectivity index (χ1v) is 4.80. The minimum Gasteiger partial charge on any atom is -0.316 e. The third kappa shape index (κ3) is 1.30. The van der Waals surface area contributed by atoms with Gasteiger partial charge in [0.05, 0.1) is 0 Å². The lowest BCUT2D eigenvalue weighted by Gasteiger charge is -2.42. The second kappa shape index (κ2) is 3.11. The molecular formula is C9H18N2. The van der Waals surface area contributed by atoms with Gasteiger partial charge in [-0.1, -0.05) is 6.42 Å². The highest BCUT2D eigenvalue weighted by molar-refractivity contribution is 4.92. The van der Waals surface area contributed by atoms with Crippen molar-refractivity contribution in [2.75, 3.05) is 20.1 Å². The van der Waals surface area contributed by atoms with E-state index in [9.17, 15) is 0 Å². The Morgan fingerprint density at radius 2 is 2.00 bits per heavy atom. The number of rotatable bonds is 3. The van der Waals surface area contributed by atoms with Crippen LogP contribution in [0.15, 0.2) is 0 Å². The summed E-state index contributed by atoms with van der Waals surface area (Å²) in [6, 6.07) is 0.810. The highest BCUT2D eigenvalue weighted by Gasteiger charge is 2.34. The Balaban J connectivity index is 1.83. The van der Waals surface area contributed by atoms with Crippen LogP contribution >= 0.6 is 0 Å². The molecule has 1 saturated heterocycles. The monoisotopic (exact) mass is 154 g/mol. The van der Waals surface area contributed by atoms with Gasteiger partial charge >= 0.3 is 0 Å². The maximum Gasteiger partial charge on any atom is 0.0145 e. The van der Waals surface area contributed by atoms with Gasteiger partial charge < -0.3 is 10.6 Å². The van der Waals surface area contributed by atoms with Crippen LogP contribution in [-0.2, 0) is 0 Å². The van der Waals surface area contributed by atoms with Gasteiger partial charge in [-0.05, 0) is 31.7 Å². The summed E-state index contributed by atoms with van der Waals surface area (Å²) in [5.74, 6) is 1.91. The molecule has 1 atom stereocenters. The van der Waals surface area contributed by atoms with E-state index in [2.05, 4.69) is 17.7 Å². The lowest BCUT2D eigenvalue weighted by molar-refractivity contribution is 0.145. The second-order valence-corrected chi connectivity index (χ2v) is 3.92. The van der Waals surface area contributed by atoms with E-state index in [4.69, 9.17) is 0 Å². The molecule has 1 aliphatic carbocycles. The van der Waals surface area contributed by atoms with Crippen LogP contribution in [0.25, 0.3) is 0 Å². The van der Waals surface area contributed by atoms with Crippen LogP contribution in [0.1, 0.15) is 19.3 Å². The fourth-order valence-electron chi connectivity index (χ4n) is 2.22. The molecule has 1 aliphatic heterocycles. The summed E-state index contributed by atoms with van der Waals surface area (Å²) in [6.45, 7) is 2.48. The topological polar surface area (TPSA) is 24.1 Å². The molecule has 1 unspecified atom stereocenters. The fraction of sp³-hybridized carbons (Fsp3) is 1.00. The molecule has 64 valence electrons. The van der Waals surface area contributed by atoms with Crippen molar-refractivity contribution in [3.8, 4) is 0 Å². The number of hydrogen-bond acceptors (Lipinski definition) is 2. The highest BCUT2D eigenvalue weighted by atomic mass is 15.0. The SMILES string of the molecule is CNC(C1CCC1)C1CNC1. The summed E-state index contributed by atoms with van der Waals surface area (Å²) < 4.78 is 0. The van der Waals surface area contributed by atoms with Crippen molar-refractivity contribution in [3.63, 3.8) is 0 Å². The Labute approximate surface area is 68.7 Å². The van der Waals surface area contributed by atoms with Gasteiger partial charge in [-0.25, -0.2) is 0 Å². The Hall–Kier alpha value is -0.0800. The molecule has 2 N–H and O–H groups in total. The summed E-state index contributed by atoms with van der Waals surface area (Å²) in [7, 11) is 2.11. The van der Waals surface area contributed by atoms with Gasteiger partial charge in [-0.2, -0.15) is 0 Å². The van der Waals surface area contributed by atoms with Crippen LogP contribution in [0.2, 0.25) is 0 Å². The quantitative estimate of drug-likeness (QED) is 0.622. The summed E-state index contributed by atoms with van der Waals surface area (Å²) >= 11 is 0. The second-order valence-electron chi connectivity index (χ2n) is 3.92. The lowest BCUT2D eigenvalue weighted by Crippen LogP contribution is -2.56. The molecule has 2 nitrogen and oxygen atoms in total. The third-order valence-corrected chi connectivity index (χ3v) is 3.31.